The van der Waals surface area contributed by atoms with Gasteiger partial charge in [0, 0.05) is 38.4 Å². The molecule has 2 fully saturated rings. The van der Waals surface area contributed by atoms with E-state index in [4.69, 9.17) is 9.72 Å². The van der Waals surface area contributed by atoms with Crippen LogP contribution >= 0.6 is 11.3 Å². The van der Waals surface area contributed by atoms with E-state index < -0.39 is 29.9 Å². The molecule has 2 aromatic heterocycles. The van der Waals surface area contributed by atoms with E-state index in [1.165, 1.54) is 17.4 Å². The number of carbonyl (C=O) groups is 2. The average molecular weight is 562 g/mol. The fourth-order valence-electron chi connectivity index (χ4n) is 5.26. The second kappa shape index (κ2) is 9.76. The molecule has 0 unspecified atom stereocenters. The highest BCUT2D eigenvalue weighted by Crippen LogP contribution is 2.49. The monoisotopic (exact) mass is 561 g/mol. The number of alkyl halides is 3. The quantitative estimate of drug-likeness (QED) is 0.185. The van der Waals surface area contributed by atoms with E-state index in [0.717, 1.165) is 36.6 Å². The van der Waals surface area contributed by atoms with Crippen LogP contribution in [0.1, 0.15) is 24.1 Å². The summed E-state index contributed by atoms with van der Waals surface area (Å²) < 4.78 is 61.3. The molecule has 4 heterocycles. The minimum absolute atomic E-state index is 0.115. The molecule has 3 aromatic rings. The summed E-state index contributed by atoms with van der Waals surface area (Å²) in [5.74, 6) is -4.56. The Morgan fingerprint density at radius 1 is 1.10 bits per heavy atom. The van der Waals surface area contributed by atoms with Gasteiger partial charge in [0.05, 0.1) is 17.0 Å². The topological polar surface area (TPSA) is 81.6 Å². The van der Waals surface area contributed by atoms with Crippen LogP contribution in [0.15, 0.2) is 42.5 Å². The second-order valence-corrected chi connectivity index (χ2v) is 11.1. The molecule has 2 saturated heterocycles. The van der Waals surface area contributed by atoms with Crippen molar-refractivity contribution in [2.75, 3.05) is 26.3 Å². The summed E-state index contributed by atoms with van der Waals surface area (Å²) >= 11 is 1.33. The van der Waals surface area contributed by atoms with Crippen molar-refractivity contribution in [2.45, 2.75) is 31.0 Å². The summed E-state index contributed by atoms with van der Waals surface area (Å²) in [6.45, 7) is 2.03. The van der Waals surface area contributed by atoms with E-state index in [-0.39, 0.29) is 18.5 Å². The van der Waals surface area contributed by atoms with Crippen molar-refractivity contribution in [3.63, 3.8) is 0 Å². The van der Waals surface area contributed by atoms with Gasteiger partial charge in [-0.3, -0.25) is 9.69 Å². The Morgan fingerprint density at radius 3 is 2.51 bits per heavy atom. The summed E-state index contributed by atoms with van der Waals surface area (Å²) in [4.78, 5) is 34.5. The molecule has 0 spiro atoms. The van der Waals surface area contributed by atoms with E-state index in [2.05, 4.69) is 21.9 Å². The molecule has 1 aromatic carbocycles. The number of ether oxygens (including phenoxy) is 2. The molecular weight excluding hydrogens is 538 g/mol. The normalized spacial score (nSPS) is 19.7. The molecule has 0 radical (unpaired) electrons. The Morgan fingerprint density at radius 2 is 1.85 bits per heavy atom. The van der Waals surface area contributed by atoms with Gasteiger partial charge in [-0.05, 0) is 48.6 Å². The number of thiazole rings is 1. The van der Waals surface area contributed by atoms with Gasteiger partial charge in [-0.1, -0.05) is 29.6 Å². The minimum Gasteiger partial charge on any atom is -0.386 e. The van der Waals surface area contributed by atoms with Crippen molar-refractivity contribution >= 4 is 33.6 Å². The smallest absolute Gasteiger partial charge is 0.386 e. The summed E-state index contributed by atoms with van der Waals surface area (Å²) in [5, 5.41) is 0.517. The first-order valence-electron chi connectivity index (χ1n) is 12.5. The van der Waals surface area contributed by atoms with Gasteiger partial charge in [0.15, 0.2) is 0 Å². The highest BCUT2D eigenvalue weighted by molar-refractivity contribution is 7.21. The Hall–Kier alpha value is -3.22. The lowest BCUT2D eigenvalue weighted by Gasteiger charge is -2.37. The molecule has 2 aliphatic heterocycles. The molecule has 0 saturated carbocycles. The van der Waals surface area contributed by atoms with Crippen molar-refractivity contribution in [1.82, 2.24) is 14.9 Å². The van der Waals surface area contributed by atoms with Crippen LogP contribution < -0.4 is 0 Å². The molecule has 3 aliphatic rings. The van der Waals surface area contributed by atoms with Crippen molar-refractivity contribution < 1.29 is 36.6 Å². The van der Waals surface area contributed by atoms with Crippen molar-refractivity contribution in [1.29, 1.82) is 0 Å². The third-order valence-electron chi connectivity index (χ3n) is 7.51. The average Bonchev–Trinajstić information content (AvgIpc) is 3.58. The molecule has 1 aliphatic carbocycles. The molecule has 0 atom stereocenters. The predicted octanol–water partition coefficient (Wildman–Crippen LogP) is 4.80. The molecule has 0 amide bonds. The first-order valence-corrected chi connectivity index (χ1v) is 13.3. The summed E-state index contributed by atoms with van der Waals surface area (Å²) in [5.41, 5.74) is 2.53. The fourth-order valence-corrected chi connectivity index (χ4v) is 6.22. The van der Waals surface area contributed by atoms with Gasteiger partial charge in [-0.25, -0.2) is 19.2 Å². The lowest BCUT2D eigenvalue weighted by Crippen LogP contribution is -2.51. The van der Waals surface area contributed by atoms with E-state index in [1.54, 1.807) is 17.0 Å². The molecule has 6 rings (SSSR count). The Bertz CT molecular complexity index is 1470. The fraction of sp³-hybridized carbons (Fsp3) is 0.407. The van der Waals surface area contributed by atoms with Crippen LogP contribution in [0.4, 0.5) is 17.6 Å². The van der Waals surface area contributed by atoms with Crippen LogP contribution in [-0.4, -0.2) is 59.3 Å². The highest BCUT2D eigenvalue weighted by Gasteiger charge is 2.46. The predicted molar refractivity (Wildman–Crippen MR) is 133 cm³/mol. The summed E-state index contributed by atoms with van der Waals surface area (Å²) in [6.07, 6.45) is 1.14. The van der Waals surface area contributed by atoms with Crippen molar-refractivity contribution in [2.24, 2.45) is 11.8 Å². The third kappa shape index (κ3) is 5.08. The number of pyridine rings is 1. The number of benzene rings is 1. The van der Waals surface area contributed by atoms with Gasteiger partial charge in [-0.2, -0.15) is 13.2 Å². The van der Waals surface area contributed by atoms with Crippen LogP contribution in [0.2, 0.25) is 0 Å². The molecular formula is C27H23F4N3O4S. The highest BCUT2D eigenvalue weighted by atomic mass is 32.1. The lowest BCUT2D eigenvalue weighted by atomic mass is 9.79. The van der Waals surface area contributed by atoms with E-state index in [0.29, 0.717) is 34.1 Å². The number of likely N-dealkylation sites (tertiary alicyclic amines) is 1. The standard InChI is InChI=1S/C27H23F4N3O4S/c28-19-11-15(12-34-13-16(14-34)24(35)38-25(36)27(29,30)31)1-2-18(19)22-32-20-3-4-21(33-23(20)39-22)26(7-8-26)17-5-9-37-10-6-17/h1-4,7-8,11,16-17H,5-6,9-10,12-14H2. The van der Waals surface area contributed by atoms with E-state index in [1.807, 2.05) is 12.1 Å². The lowest BCUT2D eigenvalue weighted by molar-refractivity contribution is -0.204. The number of nitrogens with zero attached hydrogens (tertiary/aromatic N) is 3. The molecule has 204 valence electrons. The SMILES string of the molecule is O=C(OC(=O)C(F)(F)F)C1CN(Cc2ccc(-c3nc4ccc(C5(C6CCOCC6)C=C5)nc4s3)c(F)c2)C1. The molecule has 7 nitrogen and oxygen atoms in total. The minimum atomic E-state index is -5.22. The van der Waals surface area contributed by atoms with Gasteiger partial charge in [0.25, 0.3) is 0 Å². The number of fused-ring (bicyclic) bond motifs is 1. The molecule has 12 heteroatoms. The van der Waals surface area contributed by atoms with Crippen molar-refractivity contribution in [3.05, 3.63) is 59.6 Å². The number of aromatic nitrogens is 2. The van der Waals surface area contributed by atoms with Gasteiger partial charge in [0.2, 0.25) is 0 Å². The zero-order valence-corrected chi connectivity index (χ0v) is 21.4. The first-order chi connectivity index (χ1) is 18.6. The number of allylic oxidation sites excluding steroid dienone is 2. The first kappa shape index (κ1) is 26.0. The van der Waals surface area contributed by atoms with Crippen molar-refractivity contribution in [3.8, 4) is 10.6 Å². The maximum Gasteiger partial charge on any atom is 0.491 e. The Kier molecular flexibility index (Phi) is 6.51. The van der Waals surface area contributed by atoms with Gasteiger partial charge in [-0.15, -0.1) is 0 Å². The number of esters is 2. The zero-order valence-electron chi connectivity index (χ0n) is 20.5. The Balaban J connectivity index is 1.10. The van der Waals surface area contributed by atoms with Gasteiger partial charge < -0.3 is 9.47 Å². The van der Waals surface area contributed by atoms with Gasteiger partial charge in [0.1, 0.15) is 21.2 Å². The number of hydrogen-bond donors (Lipinski definition) is 0. The van der Waals surface area contributed by atoms with Crippen LogP contribution in [0, 0.1) is 17.7 Å². The summed E-state index contributed by atoms with van der Waals surface area (Å²) in [7, 11) is 0. The molecule has 0 bridgehead atoms. The van der Waals surface area contributed by atoms with Crippen LogP contribution in [0.25, 0.3) is 20.9 Å². The number of halogens is 4. The van der Waals surface area contributed by atoms with Crippen LogP contribution in [0.3, 0.4) is 0 Å². The molecule has 39 heavy (non-hydrogen) atoms. The van der Waals surface area contributed by atoms with Crippen LogP contribution in [0.5, 0.6) is 0 Å². The van der Waals surface area contributed by atoms with Crippen LogP contribution in [-0.2, 0) is 31.0 Å². The number of hydrogen-bond acceptors (Lipinski definition) is 8. The summed E-state index contributed by atoms with van der Waals surface area (Å²) in [6, 6.07) is 8.70. The number of rotatable bonds is 6. The van der Waals surface area contributed by atoms with E-state index in [9.17, 15) is 22.8 Å². The number of carbonyl (C=O) groups excluding carboxylic acids is 2. The zero-order chi connectivity index (χ0) is 27.4. The van der Waals surface area contributed by atoms with Gasteiger partial charge >= 0.3 is 18.1 Å². The van der Waals surface area contributed by atoms with E-state index >= 15 is 4.39 Å². The molecule has 0 N–H and O–H groups in total. The maximum atomic E-state index is 15.1. The second-order valence-electron chi connectivity index (χ2n) is 10.1. The largest absolute Gasteiger partial charge is 0.491 e. The maximum absolute atomic E-state index is 15.1. The third-order valence-corrected chi connectivity index (χ3v) is 8.51. The Labute approximate surface area is 224 Å².